The summed E-state index contributed by atoms with van der Waals surface area (Å²) in [5.41, 5.74) is 5.03. The molecule has 7 heteroatoms. The summed E-state index contributed by atoms with van der Waals surface area (Å²) in [4.78, 5) is 30.5. The number of hydrogen-bond acceptors (Lipinski definition) is 6. The van der Waals surface area contributed by atoms with Crippen molar-refractivity contribution in [3.8, 4) is 5.75 Å². The van der Waals surface area contributed by atoms with Crippen molar-refractivity contribution >= 4 is 21.7 Å². The van der Waals surface area contributed by atoms with Crippen LogP contribution in [0, 0.1) is 10.8 Å². The lowest BCUT2D eigenvalue weighted by atomic mass is 9.63. The number of nitrogens with zero attached hydrogens (tertiary/aromatic N) is 1. The van der Waals surface area contributed by atoms with Crippen molar-refractivity contribution in [2.45, 2.75) is 70.6 Å². The van der Waals surface area contributed by atoms with Crippen LogP contribution in [0.5, 0.6) is 5.75 Å². The number of hydrogen-bond donors (Lipinski definition) is 0. The molecule has 0 saturated carbocycles. The molecule has 6 nitrogen and oxygen atoms in total. The fraction of sp³-hybridized carbons (Fsp3) is 0.351. The van der Waals surface area contributed by atoms with Gasteiger partial charge in [0.05, 0.1) is 0 Å². The van der Waals surface area contributed by atoms with Crippen LogP contribution in [0.4, 0.5) is 0 Å². The molecule has 0 amide bonds. The third-order valence-electron chi connectivity index (χ3n) is 8.94. The molecule has 0 aromatic heterocycles. The zero-order valence-electron chi connectivity index (χ0n) is 25.8. The first-order valence-electron chi connectivity index (χ1n) is 15.3. The Morgan fingerprint density at radius 1 is 0.705 bits per heavy atom. The Labute approximate surface area is 260 Å². The summed E-state index contributed by atoms with van der Waals surface area (Å²) >= 11 is 0. The third kappa shape index (κ3) is 5.90. The Morgan fingerprint density at radius 2 is 1.20 bits per heavy atom. The highest BCUT2D eigenvalue weighted by molar-refractivity contribution is 7.87. The van der Waals surface area contributed by atoms with E-state index in [1.165, 1.54) is 17.7 Å². The quantitative estimate of drug-likeness (QED) is 0.260. The second-order valence-electron chi connectivity index (χ2n) is 13.8. The molecule has 0 radical (unpaired) electrons. The van der Waals surface area contributed by atoms with E-state index >= 15 is 0 Å². The molecular weight excluding hydrogens is 570 g/mol. The van der Waals surface area contributed by atoms with Crippen LogP contribution < -0.4 is 4.18 Å². The van der Waals surface area contributed by atoms with Gasteiger partial charge in [0, 0.05) is 47.8 Å². The van der Waals surface area contributed by atoms with Gasteiger partial charge in [-0.1, -0.05) is 88.4 Å². The predicted octanol–water partition coefficient (Wildman–Crippen LogP) is 7.38. The first kappa shape index (κ1) is 30.1. The Hall–Kier alpha value is -3.97. The molecule has 3 aromatic carbocycles. The van der Waals surface area contributed by atoms with Crippen molar-refractivity contribution in [3.05, 3.63) is 119 Å². The number of allylic oxidation sites excluding steroid dienone is 4. The normalized spacial score (nSPS) is 20.0. The van der Waals surface area contributed by atoms with Crippen LogP contribution in [0.2, 0.25) is 0 Å². The molecule has 3 aromatic rings. The van der Waals surface area contributed by atoms with Crippen LogP contribution in [0.3, 0.4) is 0 Å². The van der Waals surface area contributed by atoms with Gasteiger partial charge < -0.3 is 9.08 Å². The van der Waals surface area contributed by atoms with Crippen molar-refractivity contribution in [1.82, 2.24) is 4.90 Å². The zero-order valence-corrected chi connectivity index (χ0v) is 26.6. The molecule has 0 bridgehead atoms. The van der Waals surface area contributed by atoms with Gasteiger partial charge in [0.1, 0.15) is 10.6 Å². The van der Waals surface area contributed by atoms with Crippen LogP contribution in [0.25, 0.3) is 0 Å². The maximum absolute atomic E-state index is 14.0. The van der Waals surface area contributed by atoms with Gasteiger partial charge in [0.2, 0.25) is 0 Å². The topological polar surface area (TPSA) is 80.8 Å². The van der Waals surface area contributed by atoms with E-state index in [1.807, 2.05) is 18.2 Å². The summed E-state index contributed by atoms with van der Waals surface area (Å²) in [6.07, 6.45) is 3.09. The molecule has 1 heterocycles. The van der Waals surface area contributed by atoms with Crippen molar-refractivity contribution in [1.29, 1.82) is 0 Å². The molecule has 44 heavy (non-hydrogen) atoms. The summed E-state index contributed by atoms with van der Waals surface area (Å²) in [6, 6.07) is 25.2. The molecule has 0 N–H and O–H groups in total. The summed E-state index contributed by atoms with van der Waals surface area (Å²) in [5.74, 6) is -0.183. The maximum atomic E-state index is 14.0. The van der Waals surface area contributed by atoms with E-state index in [0.29, 0.717) is 30.5 Å². The van der Waals surface area contributed by atoms with Gasteiger partial charge in [-0.05, 0) is 65.5 Å². The third-order valence-corrected chi connectivity index (χ3v) is 10.2. The maximum Gasteiger partial charge on any atom is 0.339 e. The molecule has 6 rings (SSSR count). The van der Waals surface area contributed by atoms with E-state index in [4.69, 9.17) is 4.18 Å². The highest BCUT2D eigenvalue weighted by atomic mass is 32.2. The summed E-state index contributed by atoms with van der Waals surface area (Å²) in [7, 11) is -4.00. The number of Topliss-reactive ketones (excluding diaryl/α,β-unsaturated/α-hetero) is 2. The average Bonchev–Trinajstić information content (AvgIpc) is 2.96. The van der Waals surface area contributed by atoms with Gasteiger partial charge in [-0.2, -0.15) is 8.42 Å². The predicted molar refractivity (Wildman–Crippen MR) is 170 cm³/mol. The standard InChI is InChI=1S/C37H39NO5S/c1-36(2)21-29-34(31(39)23-36)33(26-15-17-27(18-16-26)43-44(41,42)28-13-9-6-10-14-28)35-30(22-37(3,4)24-32(35)40)38(29)20-19-25-11-7-5-8-12-25/h5-18,33H,19-24H2,1-4H3. The van der Waals surface area contributed by atoms with Crippen LogP contribution in [0.1, 0.15) is 70.4 Å². The van der Waals surface area contributed by atoms with Gasteiger partial charge in [-0.15, -0.1) is 0 Å². The van der Waals surface area contributed by atoms with Gasteiger partial charge in [-0.25, -0.2) is 0 Å². The first-order chi connectivity index (χ1) is 20.8. The fourth-order valence-electron chi connectivity index (χ4n) is 7.01. The van der Waals surface area contributed by atoms with Crippen LogP contribution in [0.15, 0.2) is 112 Å². The molecule has 0 saturated heterocycles. The minimum absolute atomic E-state index is 0.0714. The van der Waals surface area contributed by atoms with Gasteiger partial charge >= 0.3 is 10.1 Å². The van der Waals surface area contributed by atoms with Gasteiger partial charge in [-0.3, -0.25) is 9.59 Å². The van der Waals surface area contributed by atoms with E-state index in [9.17, 15) is 18.0 Å². The van der Waals surface area contributed by atoms with E-state index < -0.39 is 16.0 Å². The van der Waals surface area contributed by atoms with Crippen molar-refractivity contribution in [2.24, 2.45) is 10.8 Å². The number of carbonyl (C=O) groups is 2. The number of carbonyl (C=O) groups excluding carboxylic acids is 2. The SMILES string of the molecule is CC1(C)CC(=O)C2=C(C1)N(CCc1ccccc1)C1=C(C(=O)CC(C)(C)C1)C2c1ccc(OS(=O)(=O)c2ccccc2)cc1. The van der Waals surface area contributed by atoms with Crippen LogP contribution in [-0.2, 0) is 26.1 Å². The van der Waals surface area contributed by atoms with E-state index in [-0.39, 0.29) is 33.0 Å². The van der Waals surface area contributed by atoms with Crippen molar-refractivity contribution < 1.29 is 22.2 Å². The second-order valence-corrected chi connectivity index (χ2v) is 15.4. The summed E-state index contributed by atoms with van der Waals surface area (Å²) < 4.78 is 31.1. The Morgan fingerprint density at radius 3 is 1.73 bits per heavy atom. The summed E-state index contributed by atoms with van der Waals surface area (Å²) in [5, 5.41) is 0. The minimum Gasteiger partial charge on any atom is -0.379 e. The fourth-order valence-corrected chi connectivity index (χ4v) is 7.97. The monoisotopic (exact) mass is 609 g/mol. The molecular formula is C37H39NO5S. The van der Waals surface area contributed by atoms with Gasteiger partial charge in [0.25, 0.3) is 0 Å². The number of rotatable bonds is 7. The smallest absolute Gasteiger partial charge is 0.339 e. The average molecular weight is 610 g/mol. The molecule has 2 aliphatic carbocycles. The lowest BCUT2D eigenvalue weighted by Gasteiger charge is -2.49. The largest absolute Gasteiger partial charge is 0.379 e. The lowest BCUT2D eigenvalue weighted by Crippen LogP contribution is -2.45. The van der Waals surface area contributed by atoms with E-state index in [1.54, 1.807) is 42.5 Å². The Balaban J connectivity index is 1.43. The molecule has 1 aliphatic heterocycles. The van der Waals surface area contributed by atoms with Crippen LogP contribution in [-0.4, -0.2) is 31.4 Å². The molecule has 228 valence electrons. The zero-order chi connectivity index (χ0) is 31.3. The van der Waals surface area contributed by atoms with Crippen molar-refractivity contribution in [3.63, 3.8) is 0 Å². The molecule has 3 aliphatic rings. The molecule has 0 spiro atoms. The number of ketones is 2. The summed E-state index contributed by atoms with van der Waals surface area (Å²) in [6.45, 7) is 9.23. The van der Waals surface area contributed by atoms with Crippen molar-refractivity contribution in [2.75, 3.05) is 6.54 Å². The van der Waals surface area contributed by atoms with E-state index in [0.717, 1.165) is 36.2 Å². The lowest BCUT2D eigenvalue weighted by molar-refractivity contribution is -0.119. The minimum atomic E-state index is -4.00. The Bertz CT molecular complexity index is 1710. The molecule has 0 atom stereocenters. The van der Waals surface area contributed by atoms with E-state index in [2.05, 4.69) is 44.7 Å². The van der Waals surface area contributed by atoms with Gasteiger partial charge in [0.15, 0.2) is 11.6 Å². The second kappa shape index (κ2) is 11.2. The Kier molecular flexibility index (Phi) is 7.65. The molecule has 0 unspecified atom stereocenters. The van der Waals surface area contributed by atoms with Crippen LogP contribution >= 0.6 is 0 Å². The highest BCUT2D eigenvalue weighted by Gasteiger charge is 2.48. The number of benzene rings is 3. The molecule has 0 fully saturated rings. The first-order valence-corrected chi connectivity index (χ1v) is 16.7. The highest BCUT2D eigenvalue weighted by Crippen LogP contribution is 2.54.